The Kier molecular flexibility index (Phi) is 4.07. The van der Waals surface area contributed by atoms with Crippen molar-refractivity contribution in [3.05, 3.63) is 46.6 Å². The lowest BCUT2D eigenvalue weighted by Gasteiger charge is -2.03. The summed E-state index contributed by atoms with van der Waals surface area (Å²) in [7, 11) is 1.32. The zero-order chi connectivity index (χ0) is 16.4. The Morgan fingerprint density at radius 3 is 2.91 bits per heavy atom. The quantitative estimate of drug-likeness (QED) is 0.684. The van der Waals surface area contributed by atoms with Crippen LogP contribution in [-0.2, 0) is 16.1 Å². The van der Waals surface area contributed by atoms with Crippen LogP contribution in [-0.4, -0.2) is 28.7 Å². The molecule has 3 aromatic rings. The van der Waals surface area contributed by atoms with Crippen molar-refractivity contribution in [2.75, 3.05) is 7.11 Å². The van der Waals surface area contributed by atoms with Gasteiger partial charge < -0.3 is 13.8 Å². The van der Waals surface area contributed by atoms with E-state index in [1.165, 1.54) is 30.7 Å². The fraction of sp³-hybridized carbons (Fsp3) is 0.200. The van der Waals surface area contributed by atoms with Crippen molar-refractivity contribution < 1.29 is 18.8 Å². The third-order valence-electron chi connectivity index (χ3n) is 3.20. The molecule has 7 nitrogen and oxygen atoms in total. The van der Waals surface area contributed by atoms with Crippen LogP contribution in [0.25, 0.3) is 10.2 Å². The summed E-state index contributed by atoms with van der Waals surface area (Å²) in [5, 5.41) is 3.49. The summed E-state index contributed by atoms with van der Waals surface area (Å²) >= 11 is 1.32. The van der Waals surface area contributed by atoms with E-state index >= 15 is 0 Å². The Morgan fingerprint density at radius 2 is 2.22 bits per heavy atom. The van der Waals surface area contributed by atoms with Crippen LogP contribution < -0.4 is 4.80 Å². The molecule has 2 aromatic heterocycles. The molecule has 2 heterocycles. The standard InChI is InChI=1S/C15H13N3O4S/c1-9-3-4-10-12(7-9)23-15(18(10)8-13(19)21-2)17-14(20)11-5-6-16-22-11/h3-7H,8H2,1-2H3. The van der Waals surface area contributed by atoms with Gasteiger partial charge in [-0.2, -0.15) is 4.99 Å². The lowest BCUT2D eigenvalue weighted by molar-refractivity contribution is -0.141. The number of hydrogen-bond acceptors (Lipinski definition) is 6. The van der Waals surface area contributed by atoms with Crippen molar-refractivity contribution in [1.82, 2.24) is 9.72 Å². The topological polar surface area (TPSA) is 86.7 Å². The van der Waals surface area contributed by atoms with E-state index in [1.54, 1.807) is 4.57 Å². The largest absolute Gasteiger partial charge is 0.468 e. The molecule has 0 atom stereocenters. The fourth-order valence-corrected chi connectivity index (χ4v) is 3.21. The molecule has 0 spiro atoms. The van der Waals surface area contributed by atoms with Gasteiger partial charge in [-0.1, -0.05) is 22.6 Å². The number of esters is 1. The maximum absolute atomic E-state index is 12.1. The number of methoxy groups -OCH3 is 1. The number of hydrogen-bond donors (Lipinski definition) is 0. The highest BCUT2D eigenvalue weighted by Crippen LogP contribution is 2.19. The van der Waals surface area contributed by atoms with Gasteiger partial charge in [0.15, 0.2) is 4.80 Å². The Hall–Kier alpha value is -2.74. The third-order valence-corrected chi connectivity index (χ3v) is 4.24. The molecule has 0 bridgehead atoms. The zero-order valence-corrected chi connectivity index (χ0v) is 13.3. The Bertz CT molecular complexity index is 937. The van der Waals surface area contributed by atoms with Gasteiger partial charge in [-0.3, -0.25) is 9.59 Å². The molecule has 0 saturated heterocycles. The Labute approximate surface area is 134 Å². The van der Waals surface area contributed by atoms with Gasteiger partial charge in [0.2, 0.25) is 5.76 Å². The van der Waals surface area contributed by atoms with E-state index in [1.807, 2.05) is 25.1 Å². The zero-order valence-electron chi connectivity index (χ0n) is 12.5. The first-order valence-corrected chi connectivity index (χ1v) is 7.56. The Balaban J connectivity index is 2.16. The van der Waals surface area contributed by atoms with E-state index < -0.39 is 11.9 Å². The number of carbonyl (C=O) groups is 2. The van der Waals surface area contributed by atoms with Gasteiger partial charge in [0.1, 0.15) is 6.54 Å². The summed E-state index contributed by atoms with van der Waals surface area (Å²) in [6.07, 6.45) is 1.37. The summed E-state index contributed by atoms with van der Waals surface area (Å²) in [5.74, 6) is -0.925. The maximum atomic E-state index is 12.1. The molecule has 0 saturated carbocycles. The average Bonchev–Trinajstić information content (AvgIpc) is 3.16. The smallest absolute Gasteiger partial charge is 0.325 e. The number of aryl methyl sites for hydroxylation is 1. The molecule has 0 fully saturated rings. The van der Waals surface area contributed by atoms with E-state index in [4.69, 9.17) is 9.26 Å². The fourth-order valence-electron chi connectivity index (χ4n) is 2.08. The number of fused-ring (bicyclic) bond motifs is 1. The van der Waals surface area contributed by atoms with Gasteiger partial charge in [-0.15, -0.1) is 0 Å². The van der Waals surface area contributed by atoms with Crippen molar-refractivity contribution in [2.45, 2.75) is 13.5 Å². The van der Waals surface area contributed by atoms with Gasteiger partial charge in [0.25, 0.3) is 0 Å². The van der Waals surface area contributed by atoms with Gasteiger partial charge in [-0.05, 0) is 24.6 Å². The number of carbonyl (C=O) groups excluding carboxylic acids is 2. The van der Waals surface area contributed by atoms with E-state index in [0.717, 1.165) is 15.8 Å². The third kappa shape index (κ3) is 3.07. The van der Waals surface area contributed by atoms with Crippen molar-refractivity contribution in [3.63, 3.8) is 0 Å². The molecule has 1 aromatic carbocycles. The van der Waals surface area contributed by atoms with Crippen molar-refractivity contribution >= 4 is 33.4 Å². The van der Waals surface area contributed by atoms with Crippen LogP contribution in [0.3, 0.4) is 0 Å². The van der Waals surface area contributed by atoms with Crippen LogP contribution in [0.4, 0.5) is 0 Å². The van der Waals surface area contributed by atoms with E-state index in [-0.39, 0.29) is 12.3 Å². The number of nitrogens with zero attached hydrogens (tertiary/aromatic N) is 3. The minimum atomic E-state index is -0.551. The lowest BCUT2D eigenvalue weighted by atomic mass is 10.2. The predicted molar refractivity (Wildman–Crippen MR) is 83.0 cm³/mol. The molecule has 0 aliphatic heterocycles. The average molecular weight is 331 g/mol. The predicted octanol–water partition coefficient (Wildman–Crippen LogP) is 1.91. The first-order valence-electron chi connectivity index (χ1n) is 6.75. The van der Waals surface area contributed by atoms with E-state index in [2.05, 4.69) is 10.1 Å². The number of ether oxygens (including phenoxy) is 1. The molecule has 23 heavy (non-hydrogen) atoms. The van der Waals surface area contributed by atoms with Crippen LogP contribution in [0.5, 0.6) is 0 Å². The van der Waals surface area contributed by atoms with Gasteiger partial charge in [-0.25, -0.2) is 0 Å². The highest BCUT2D eigenvalue weighted by atomic mass is 32.1. The van der Waals surface area contributed by atoms with E-state index in [9.17, 15) is 9.59 Å². The summed E-state index contributed by atoms with van der Waals surface area (Å²) in [6.45, 7) is 1.95. The number of rotatable bonds is 3. The number of amides is 1. The SMILES string of the molecule is COC(=O)Cn1c(=NC(=O)c2ccno2)sc2cc(C)ccc21. The molecule has 0 aliphatic carbocycles. The summed E-state index contributed by atoms with van der Waals surface area (Å²) in [4.78, 5) is 28.2. The van der Waals surface area contributed by atoms with Crippen LogP contribution in [0.2, 0.25) is 0 Å². The van der Waals surface area contributed by atoms with E-state index in [0.29, 0.717) is 4.80 Å². The van der Waals surface area contributed by atoms with Crippen molar-refractivity contribution in [2.24, 2.45) is 4.99 Å². The molecule has 0 N–H and O–H groups in total. The number of aromatic nitrogens is 2. The number of benzene rings is 1. The molecule has 0 unspecified atom stereocenters. The molecular weight excluding hydrogens is 318 g/mol. The van der Waals surface area contributed by atoms with Crippen LogP contribution in [0.15, 0.2) is 40.0 Å². The summed E-state index contributed by atoms with van der Waals surface area (Å²) < 4.78 is 12.1. The maximum Gasteiger partial charge on any atom is 0.325 e. The second-order valence-corrected chi connectivity index (χ2v) is 5.82. The van der Waals surface area contributed by atoms with Gasteiger partial charge in [0, 0.05) is 6.07 Å². The Morgan fingerprint density at radius 1 is 1.39 bits per heavy atom. The number of thiazole rings is 1. The second kappa shape index (κ2) is 6.17. The molecule has 0 radical (unpaired) electrons. The van der Waals surface area contributed by atoms with Crippen LogP contribution in [0, 0.1) is 6.92 Å². The van der Waals surface area contributed by atoms with Crippen molar-refractivity contribution in [3.8, 4) is 0 Å². The summed E-state index contributed by atoms with van der Waals surface area (Å²) in [5.41, 5.74) is 1.90. The minimum Gasteiger partial charge on any atom is -0.468 e. The second-order valence-electron chi connectivity index (χ2n) is 4.81. The van der Waals surface area contributed by atoms with Crippen LogP contribution in [0.1, 0.15) is 16.1 Å². The minimum absolute atomic E-state index is 0.0257. The first-order chi connectivity index (χ1) is 11.1. The molecule has 8 heteroatoms. The monoisotopic (exact) mass is 331 g/mol. The molecule has 3 rings (SSSR count). The molecule has 0 aliphatic rings. The van der Waals surface area contributed by atoms with Gasteiger partial charge in [0.05, 0.1) is 23.5 Å². The molecule has 1 amide bonds. The highest BCUT2D eigenvalue weighted by molar-refractivity contribution is 7.16. The van der Waals surface area contributed by atoms with Crippen molar-refractivity contribution in [1.29, 1.82) is 0 Å². The molecule has 118 valence electrons. The normalized spacial score (nSPS) is 11.8. The van der Waals surface area contributed by atoms with Crippen LogP contribution >= 0.6 is 11.3 Å². The van der Waals surface area contributed by atoms with Gasteiger partial charge >= 0.3 is 11.9 Å². The first kappa shape index (κ1) is 15.2. The lowest BCUT2D eigenvalue weighted by Crippen LogP contribution is -2.22. The molecular formula is C15H13N3O4S. The summed E-state index contributed by atoms with van der Waals surface area (Å²) in [6, 6.07) is 7.24. The highest BCUT2D eigenvalue weighted by Gasteiger charge is 2.14.